The number of rotatable bonds is 5. The van der Waals surface area contributed by atoms with Gasteiger partial charge in [0.15, 0.2) is 11.6 Å². The van der Waals surface area contributed by atoms with Gasteiger partial charge in [-0.2, -0.15) is 0 Å². The van der Waals surface area contributed by atoms with Gasteiger partial charge in [-0.25, -0.2) is 13.2 Å². The minimum atomic E-state index is -0.982. The van der Waals surface area contributed by atoms with E-state index < -0.39 is 11.6 Å². The first-order valence-corrected chi connectivity index (χ1v) is 8.86. The van der Waals surface area contributed by atoms with Crippen LogP contribution in [0.3, 0.4) is 0 Å². The molecule has 128 valence electrons. The highest BCUT2D eigenvalue weighted by molar-refractivity contribution is 5.67. The average molecular weight is 332 g/mol. The summed E-state index contributed by atoms with van der Waals surface area (Å²) in [4.78, 5) is 0. The lowest BCUT2D eigenvalue weighted by atomic mass is 9.80. The Kier molecular flexibility index (Phi) is 5.27. The molecule has 0 N–H and O–H groups in total. The van der Waals surface area contributed by atoms with Crippen LogP contribution in [0.15, 0.2) is 30.3 Å². The predicted molar refractivity (Wildman–Crippen MR) is 91.4 cm³/mol. The molecule has 0 heterocycles. The number of benzene rings is 2. The lowest BCUT2D eigenvalue weighted by Crippen LogP contribution is -2.16. The van der Waals surface area contributed by atoms with E-state index in [2.05, 4.69) is 6.92 Å². The summed E-state index contributed by atoms with van der Waals surface area (Å²) in [5, 5.41) is 0. The summed E-state index contributed by atoms with van der Waals surface area (Å²) in [7, 11) is 0. The van der Waals surface area contributed by atoms with E-state index in [0.29, 0.717) is 17.9 Å². The third kappa shape index (κ3) is 3.35. The van der Waals surface area contributed by atoms with Crippen molar-refractivity contribution in [3.8, 4) is 11.1 Å². The standard InChI is InChI=1S/C21H23F3/c1-2-3-4-6-14-9-11-16-15(13-14)10-12-18(20(16)23)17-7-5-8-19(22)21(17)24/h5,7-8,10,12,14H,2-4,6,9,11,13H2,1H3. The Morgan fingerprint density at radius 2 is 1.75 bits per heavy atom. The summed E-state index contributed by atoms with van der Waals surface area (Å²) in [6, 6.07) is 7.39. The fraction of sp³-hybridized carbons (Fsp3) is 0.429. The molecule has 2 aromatic rings. The molecule has 24 heavy (non-hydrogen) atoms. The summed E-state index contributed by atoms with van der Waals surface area (Å²) in [5.74, 6) is -1.70. The fourth-order valence-corrected chi connectivity index (χ4v) is 3.73. The van der Waals surface area contributed by atoms with Gasteiger partial charge in [-0.1, -0.05) is 56.9 Å². The molecule has 2 aromatic carbocycles. The largest absolute Gasteiger partial charge is 0.206 e. The first kappa shape index (κ1) is 17.1. The molecule has 0 nitrogen and oxygen atoms in total. The summed E-state index contributed by atoms with van der Waals surface area (Å²) >= 11 is 0. The Balaban J connectivity index is 1.86. The van der Waals surface area contributed by atoms with E-state index in [-0.39, 0.29) is 16.9 Å². The molecular formula is C21H23F3. The zero-order valence-corrected chi connectivity index (χ0v) is 14.0. The van der Waals surface area contributed by atoms with Crippen molar-refractivity contribution in [2.45, 2.75) is 51.9 Å². The highest BCUT2D eigenvalue weighted by Crippen LogP contribution is 2.35. The van der Waals surface area contributed by atoms with Gasteiger partial charge in [0.25, 0.3) is 0 Å². The van der Waals surface area contributed by atoms with Crippen LogP contribution >= 0.6 is 0 Å². The summed E-state index contributed by atoms with van der Waals surface area (Å²) in [5.41, 5.74) is 1.87. The minimum absolute atomic E-state index is 0.000342. The monoisotopic (exact) mass is 332 g/mol. The van der Waals surface area contributed by atoms with Crippen molar-refractivity contribution >= 4 is 0 Å². The summed E-state index contributed by atoms with van der Waals surface area (Å²) in [6.45, 7) is 2.19. The molecule has 3 rings (SSSR count). The van der Waals surface area contributed by atoms with Crippen LogP contribution in [-0.2, 0) is 12.8 Å². The maximum absolute atomic E-state index is 14.9. The van der Waals surface area contributed by atoms with Gasteiger partial charge < -0.3 is 0 Å². The highest BCUT2D eigenvalue weighted by atomic mass is 19.2. The van der Waals surface area contributed by atoms with Crippen molar-refractivity contribution in [3.63, 3.8) is 0 Å². The quantitative estimate of drug-likeness (QED) is 0.551. The van der Waals surface area contributed by atoms with E-state index in [1.807, 2.05) is 6.07 Å². The number of halogens is 3. The van der Waals surface area contributed by atoms with Crippen LogP contribution in [0.1, 0.15) is 50.2 Å². The Morgan fingerprint density at radius 3 is 2.54 bits per heavy atom. The second-order valence-corrected chi connectivity index (χ2v) is 6.77. The van der Waals surface area contributed by atoms with Crippen LogP contribution in [0.5, 0.6) is 0 Å². The molecule has 1 unspecified atom stereocenters. The van der Waals surface area contributed by atoms with E-state index in [1.165, 1.54) is 37.8 Å². The molecule has 0 aromatic heterocycles. The van der Waals surface area contributed by atoms with Crippen molar-refractivity contribution in [2.75, 3.05) is 0 Å². The number of fused-ring (bicyclic) bond motifs is 1. The van der Waals surface area contributed by atoms with Gasteiger partial charge in [0, 0.05) is 11.1 Å². The maximum Gasteiger partial charge on any atom is 0.166 e. The molecule has 0 bridgehead atoms. The Morgan fingerprint density at radius 1 is 0.958 bits per heavy atom. The molecule has 0 saturated heterocycles. The van der Waals surface area contributed by atoms with Crippen molar-refractivity contribution in [1.29, 1.82) is 0 Å². The molecule has 0 spiro atoms. The van der Waals surface area contributed by atoms with E-state index in [9.17, 15) is 13.2 Å². The summed E-state index contributed by atoms with van der Waals surface area (Å²) in [6.07, 6.45) is 7.42. The topological polar surface area (TPSA) is 0 Å². The first-order valence-electron chi connectivity index (χ1n) is 8.86. The van der Waals surface area contributed by atoms with Gasteiger partial charge >= 0.3 is 0 Å². The fourth-order valence-electron chi connectivity index (χ4n) is 3.73. The van der Waals surface area contributed by atoms with Gasteiger partial charge in [-0.15, -0.1) is 0 Å². The Labute approximate surface area is 141 Å². The van der Waals surface area contributed by atoms with Gasteiger partial charge in [-0.3, -0.25) is 0 Å². The SMILES string of the molecule is CCCCCC1CCc2c(ccc(-c3cccc(F)c3F)c2F)C1. The maximum atomic E-state index is 14.9. The zero-order chi connectivity index (χ0) is 17.1. The predicted octanol–water partition coefficient (Wildman–Crippen LogP) is 6.46. The lowest BCUT2D eigenvalue weighted by Gasteiger charge is -2.26. The van der Waals surface area contributed by atoms with Crippen LogP contribution in [0, 0.1) is 23.4 Å². The minimum Gasteiger partial charge on any atom is -0.206 e. The smallest absolute Gasteiger partial charge is 0.166 e. The van der Waals surface area contributed by atoms with Gasteiger partial charge in [0.1, 0.15) is 5.82 Å². The van der Waals surface area contributed by atoms with Crippen LogP contribution in [0.25, 0.3) is 11.1 Å². The molecule has 0 radical (unpaired) electrons. The highest BCUT2D eigenvalue weighted by Gasteiger charge is 2.24. The third-order valence-electron chi connectivity index (χ3n) is 5.11. The molecule has 0 fully saturated rings. The van der Waals surface area contributed by atoms with Crippen LogP contribution in [0.2, 0.25) is 0 Å². The van der Waals surface area contributed by atoms with E-state index in [1.54, 1.807) is 6.07 Å². The molecule has 0 amide bonds. The van der Waals surface area contributed by atoms with Gasteiger partial charge in [-0.05, 0) is 42.4 Å². The average Bonchev–Trinajstić information content (AvgIpc) is 2.58. The number of unbranched alkanes of at least 4 members (excludes halogenated alkanes) is 2. The third-order valence-corrected chi connectivity index (χ3v) is 5.11. The van der Waals surface area contributed by atoms with Crippen molar-refractivity contribution in [3.05, 3.63) is 58.9 Å². The summed E-state index contributed by atoms with van der Waals surface area (Å²) < 4.78 is 42.3. The van der Waals surface area contributed by atoms with E-state index in [0.717, 1.165) is 24.5 Å². The molecule has 1 aliphatic carbocycles. The van der Waals surface area contributed by atoms with Gasteiger partial charge in [0.2, 0.25) is 0 Å². The number of hydrogen-bond donors (Lipinski definition) is 0. The van der Waals surface area contributed by atoms with E-state index in [4.69, 9.17) is 0 Å². The molecule has 0 saturated carbocycles. The second kappa shape index (κ2) is 7.42. The first-order chi connectivity index (χ1) is 11.6. The van der Waals surface area contributed by atoms with Crippen LogP contribution in [0.4, 0.5) is 13.2 Å². The molecular weight excluding hydrogens is 309 g/mol. The molecule has 1 aliphatic rings. The van der Waals surface area contributed by atoms with Crippen LogP contribution < -0.4 is 0 Å². The Bertz CT molecular complexity index is 721. The van der Waals surface area contributed by atoms with Crippen molar-refractivity contribution in [2.24, 2.45) is 5.92 Å². The Hall–Kier alpha value is -1.77. The number of hydrogen-bond acceptors (Lipinski definition) is 0. The van der Waals surface area contributed by atoms with Crippen LogP contribution in [-0.4, -0.2) is 0 Å². The second-order valence-electron chi connectivity index (χ2n) is 6.77. The van der Waals surface area contributed by atoms with E-state index >= 15 is 0 Å². The normalized spacial score (nSPS) is 16.9. The zero-order valence-electron chi connectivity index (χ0n) is 14.0. The molecule has 1 atom stereocenters. The van der Waals surface area contributed by atoms with Crippen molar-refractivity contribution in [1.82, 2.24) is 0 Å². The lowest BCUT2D eigenvalue weighted by molar-refractivity contribution is 0.401. The molecule has 0 aliphatic heterocycles. The van der Waals surface area contributed by atoms with Crippen molar-refractivity contribution < 1.29 is 13.2 Å². The molecule has 3 heteroatoms. The van der Waals surface area contributed by atoms with Gasteiger partial charge in [0.05, 0.1) is 0 Å².